The van der Waals surface area contributed by atoms with Crippen molar-refractivity contribution in [3.05, 3.63) is 38.4 Å². The molecule has 2 rings (SSSR count). The Morgan fingerprint density at radius 3 is 2.70 bits per heavy atom. The highest BCUT2D eigenvalue weighted by atomic mass is 35.5. The van der Waals surface area contributed by atoms with Crippen LogP contribution in [0, 0.1) is 0 Å². The highest BCUT2D eigenvalue weighted by Gasteiger charge is 2.17. The Morgan fingerprint density at radius 2 is 2.00 bits per heavy atom. The van der Waals surface area contributed by atoms with Gasteiger partial charge in [0, 0.05) is 0 Å². The first kappa shape index (κ1) is 15.4. The highest BCUT2D eigenvalue weighted by Crippen LogP contribution is 2.35. The zero-order chi connectivity index (χ0) is 14.7. The molecule has 0 bridgehead atoms. The zero-order valence-electron chi connectivity index (χ0n) is 10.2. The van der Waals surface area contributed by atoms with E-state index in [0.29, 0.717) is 25.8 Å². The van der Waals surface area contributed by atoms with Crippen molar-refractivity contribution in [1.82, 2.24) is 4.98 Å². The van der Waals surface area contributed by atoms with Gasteiger partial charge in [-0.1, -0.05) is 34.8 Å². The minimum Gasteiger partial charge on any atom is -0.461 e. The summed E-state index contributed by atoms with van der Waals surface area (Å²) in [7, 11) is 0. The number of carbonyl (C=O) groups excluding carboxylic acids is 1. The summed E-state index contributed by atoms with van der Waals surface area (Å²) in [5.74, 6) is -0.493. The van der Waals surface area contributed by atoms with Crippen molar-refractivity contribution in [2.45, 2.75) is 6.92 Å². The standard InChI is InChI=1S/C12H9Cl3N2O2S/c1-2-19-12(18)10-11(20-5-16-10)17-9-4-7(14)6(13)3-8(9)15/h3-5,17H,2H2,1H3. The number of hydrogen-bond donors (Lipinski definition) is 1. The molecule has 0 aliphatic rings. The lowest BCUT2D eigenvalue weighted by Crippen LogP contribution is -2.07. The first-order chi connectivity index (χ1) is 9.52. The molecule has 0 amide bonds. The molecule has 0 radical (unpaired) electrons. The Morgan fingerprint density at radius 1 is 1.30 bits per heavy atom. The minimum absolute atomic E-state index is 0.207. The Bertz CT molecular complexity index is 646. The van der Waals surface area contributed by atoms with Crippen molar-refractivity contribution < 1.29 is 9.53 Å². The molecule has 4 nitrogen and oxygen atoms in total. The van der Waals surface area contributed by atoms with Gasteiger partial charge >= 0.3 is 5.97 Å². The number of hydrogen-bond acceptors (Lipinski definition) is 5. The molecule has 0 atom stereocenters. The number of benzene rings is 1. The number of rotatable bonds is 4. The highest BCUT2D eigenvalue weighted by molar-refractivity contribution is 7.14. The van der Waals surface area contributed by atoms with E-state index in [9.17, 15) is 4.79 Å². The first-order valence-electron chi connectivity index (χ1n) is 5.55. The molecule has 0 aliphatic heterocycles. The molecule has 0 saturated carbocycles. The Labute approximate surface area is 134 Å². The predicted octanol–water partition coefficient (Wildman–Crippen LogP) is 5.02. The monoisotopic (exact) mass is 350 g/mol. The lowest BCUT2D eigenvalue weighted by Gasteiger charge is -2.09. The van der Waals surface area contributed by atoms with Gasteiger partial charge in [-0.2, -0.15) is 0 Å². The Kier molecular flexibility index (Phi) is 5.10. The molecule has 1 aromatic carbocycles. The van der Waals surface area contributed by atoms with E-state index < -0.39 is 5.97 Å². The number of esters is 1. The summed E-state index contributed by atoms with van der Waals surface area (Å²) in [6, 6.07) is 3.11. The number of carbonyl (C=O) groups is 1. The van der Waals surface area contributed by atoms with Crippen LogP contribution in [0.15, 0.2) is 17.6 Å². The largest absolute Gasteiger partial charge is 0.461 e. The molecule has 1 N–H and O–H groups in total. The second-order valence-electron chi connectivity index (χ2n) is 3.62. The summed E-state index contributed by atoms with van der Waals surface area (Å²) in [6.45, 7) is 2.01. The number of thiazole rings is 1. The molecule has 0 spiro atoms. The number of anilines is 2. The summed E-state index contributed by atoms with van der Waals surface area (Å²) < 4.78 is 4.92. The zero-order valence-corrected chi connectivity index (χ0v) is 13.3. The fourth-order valence-corrected chi connectivity index (χ4v) is 2.69. The van der Waals surface area contributed by atoms with Crippen molar-refractivity contribution in [3.63, 3.8) is 0 Å². The topological polar surface area (TPSA) is 51.2 Å². The molecule has 1 heterocycles. The molecule has 20 heavy (non-hydrogen) atoms. The molecular formula is C12H9Cl3N2O2S. The Hall–Kier alpha value is -1.01. The number of ether oxygens (including phenoxy) is 1. The fraction of sp³-hybridized carbons (Fsp3) is 0.167. The quantitative estimate of drug-likeness (QED) is 0.620. The lowest BCUT2D eigenvalue weighted by atomic mass is 10.3. The van der Waals surface area contributed by atoms with E-state index in [1.807, 2.05) is 0 Å². The normalized spacial score (nSPS) is 10.4. The van der Waals surface area contributed by atoms with Gasteiger partial charge in [0.2, 0.25) is 0 Å². The van der Waals surface area contributed by atoms with Gasteiger partial charge in [0.1, 0.15) is 5.00 Å². The van der Waals surface area contributed by atoms with Gasteiger partial charge in [0.05, 0.1) is 32.9 Å². The van der Waals surface area contributed by atoms with E-state index in [0.717, 1.165) is 0 Å². The number of aromatic nitrogens is 1. The van der Waals surface area contributed by atoms with Crippen molar-refractivity contribution in [2.24, 2.45) is 0 Å². The predicted molar refractivity (Wildman–Crippen MR) is 82.8 cm³/mol. The van der Waals surface area contributed by atoms with Gasteiger partial charge in [-0.05, 0) is 19.1 Å². The second-order valence-corrected chi connectivity index (χ2v) is 5.70. The first-order valence-corrected chi connectivity index (χ1v) is 7.56. The van der Waals surface area contributed by atoms with Crippen molar-refractivity contribution in [1.29, 1.82) is 0 Å². The van der Waals surface area contributed by atoms with Crippen LogP contribution >= 0.6 is 46.1 Å². The summed E-state index contributed by atoms with van der Waals surface area (Å²) in [6.07, 6.45) is 0. The summed E-state index contributed by atoms with van der Waals surface area (Å²) in [4.78, 5) is 15.7. The van der Waals surface area contributed by atoms with Gasteiger partial charge in [-0.15, -0.1) is 11.3 Å². The van der Waals surface area contributed by atoms with Crippen molar-refractivity contribution in [2.75, 3.05) is 11.9 Å². The van der Waals surface area contributed by atoms with Gasteiger partial charge in [0.15, 0.2) is 5.69 Å². The van der Waals surface area contributed by atoms with Gasteiger partial charge in [-0.3, -0.25) is 0 Å². The van der Waals surface area contributed by atoms with E-state index in [1.54, 1.807) is 18.5 Å². The molecule has 0 saturated heterocycles. The van der Waals surface area contributed by atoms with Gasteiger partial charge in [0.25, 0.3) is 0 Å². The van der Waals surface area contributed by atoms with Crippen LogP contribution in [-0.4, -0.2) is 17.6 Å². The van der Waals surface area contributed by atoms with Crippen LogP contribution in [0.5, 0.6) is 0 Å². The van der Waals surface area contributed by atoms with E-state index in [-0.39, 0.29) is 12.3 Å². The van der Waals surface area contributed by atoms with E-state index in [2.05, 4.69) is 10.3 Å². The fourth-order valence-electron chi connectivity index (χ4n) is 1.42. The van der Waals surface area contributed by atoms with Crippen molar-refractivity contribution >= 4 is 62.8 Å². The van der Waals surface area contributed by atoms with Gasteiger partial charge in [-0.25, -0.2) is 9.78 Å². The summed E-state index contributed by atoms with van der Waals surface area (Å²) >= 11 is 19.1. The molecule has 106 valence electrons. The average molecular weight is 352 g/mol. The van der Waals surface area contributed by atoms with Gasteiger partial charge < -0.3 is 10.1 Å². The van der Waals surface area contributed by atoms with Crippen LogP contribution in [0.1, 0.15) is 17.4 Å². The molecule has 2 aromatic rings. The number of halogens is 3. The molecule has 0 aliphatic carbocycles. The van der Waals surface area contributed by atoms with E-state index in [4.69, 9.17) is 39.5 Å². The second kappa shape index (κ2) is 6.63. The van der Waals surface area contributed by atoms with E-state index >= 15 is 0 Å². The molecule has 8 heteroatoms. The number of nitrogens with one attached hydrogen (secondary N) is 1. The number of nitrogens with zero attached hydrogens (tertiary/aromatic N) is 1. The third-order valence-corrected chi connectivity index (χ3v) is 4.07. The summed E-state index contributed by atoms with van der Waals surface area (Å²) in [5, 5.41) is 4.65. The van der Waals surface area contributed by atoms with Crippen LogP contribution in [0.3, 0.4) is 0 Å². The molecular weight excluding hydrogens is 343 g/mol. The van der Waals surface area contributed by atoms with Crippen LogP contribution in [-0.2, 0) is 4.74 Å². The lowest BCUT2D eigenvalue weighted by molar-refractivity contribution is 0.0521. The molecule has 0 fully saturated rings. The maximum atomic E-state index is 11.7. The Balaban J connectivity index is 2.29. The third-order valence-electron chi connectivity index (χ3n) is 2.29. The maximum absolute atomic E-state index is 11.7. The van der Waals surface area contributed by atoms with Crippen molar-refractivity contribution in [3.8, 4) is 0 Å². The SMILES string of the molecule is CCOC(=O)c1ncsc1Nc1cc(Cl)c(Cl)cc1Cl. The van der Waals surface area contributed by atoms with Crippen LogP contribution in [0.4, 0.5) is 10.7 Å². The molecule has 0 unspecified atom stereocenters. The summed E-state index contributed by atoms with van der Waals surface area (Å²) in [5.41, 5.74) is 2.29. The van der Waals surface area contributed by atoms with E-state index in [1.165, 1.54) is 17.4 Å². The van der Waals surface area contributed by atoms with Crippen LogP contribution in [0.25, 0.3) is 0 Å². The van der Waals surface area contributed by atoms with Crippen LogP contribution < -0.4 is 5.32 Å². The smallest absolute Gasteiger partial charge is 0.360 e. The average Bonchev–Trinajstić information content (AvgIpc) is 2.84. The van der Waals surface area contributed by atoms with Crippen LogP contribution in [0.2, 0.25) is 15.1 Å². The molecule has 1 aromatic heterocycles. The maximum Gasteiger partial charge on any atom is 0.360 e. The third kappa shape index (κ3) is 3.35. The minimum atomic E-state index is -0.493.